The molecule has 5 heteroatoms. The molecule has 0 unspecified atom stereocenters. The quantitative estimate of drug-likeness (QED) is 0.600. The first-order valence-electron chi connectivity index (χ1n) is 12.9. The molecule has 5 rings (SSSR count). The molecule has 180 valence electrons. The summed E-state index contributed by atoms with van der Waals surface area (Å²) in [5.41, 5.74) is 2.59. The van der Waals surface area contributed by atoms with E-state index in [2.05, 4.69) is 11.8 Å². The maximum atomic E-state index is 14.2. The molecule has 0 N–H and O–H groups in total. The zero-order chi connectivity index (χ0) is 23.7. The molecule has 0 radical (unpaired) electrons. The first kappa shape index (κ1) is 22.9. The third-order valence-corrected chi connectivity index (χ3v) is 8.16. The molecular formula is C29H36N2O3. The number of benzene rings is 2. The molecule has 2 aromatic carbocycles. The van der Waals surface area contributed by atoms with Gasteiger partial charge in [0.25, 0.3) is 5.91 Å². The monoisotopic (exact) mass is 460 g/mol. The standard InChI is InChI=1S/C29H36N2O3/c1-20-16-18-30(19-17-20)29(33)26-24-10-6-7-11-25(24)28(32)31(22-8-4-3-5-9-22)27(26)21-12-14-23(34-2)15-13-21/h6-7,10-15,20,22,26-27H,3-5,8-9,16-19H2,1-2H3/t26-,27+/m0/s1. The van der Waals surface area contributed by atoms with Gasteiger partial charge in [0, 0.05) is 24.7 Å². The van der Waals surface area contributed by atoms with Crippen molar-refractivity contribution in [3.8, 4) is 5.75 Å². The Hall–Kier alpha value is -2.82. The maximum absolute atomic E-state index is 14.2. The van der Waals surface area contributed by atoms with E-state index in [-0.39, 0.29) is 23.9 Å². The fourth-order valence-corrected chi connectivity index (χ4v) is 6.16. The zero-order valence-electron chi connectivity index (χ0n) is 20.4. The highest BCUT2D eigenvalue weighted by Gasteiger charge is 2.47. The molecule has 1 aliphatic carbocycles. The Morgan fingerprint density at radius 2 is 1.59 bits per heavy atom. The number of rotatable bonds is 4. The molecule has 2 fully saturated rings. The minimum atomic E-state index is -0.391. The van der Waals surface area contributed by atoms with Gasteiger partial charge in [-0.05, 0) is 60.9 Å². The summed E-state index contributed by atoms with van der Waals surface area (Å²) < 4.78 is 5.40. The number of fused-ring (bicyclic) bond motifs is 1. The first-order valence-corrected chi connectivity index (χ1v) is 12.9. The van der Waals surface area contributed by atoms with Crippen LogP contribution in [0.5, 0.6) is 5.75 Å². The van der Waals surface area contributed by atoms with E-state index in [1.807, 2.05) is 53.4 Å². The van der Waals surface area contributed by atoms with Crippen molar-refractivity contribution in [2.45, 2.75) is 69.9 Å². The third-order valence-electron chi connectivity index (χ3n) is 8.16. The SMILES string of the molecule is COc1ccc([C@@H]2[C@@H](C(=O)N3CCC(C)CC3)c3ccccc3C(=O)N2C2CCCCC2)cc1. The van der Waals surface area contributed by atoms with E-state index in [9.17, 15) is 9.59 Å². The topological polar surface area (TPSA) is 49.9 Å². The molecule has 2 aliphatic heterocycles. The van der Waals surface area contributed by atoms with E-state index in [1.54, 1.807) is 7.11 Å². The summed E-state index contributed by atoms with van der Waals surface area (Å²) in [5, 5.41) is 0. The van der Waals surface area contributed by atoms with Crippen LogP contribution >= 0.6 is 0 Å². The van der Waals surface area contributed by atoms with E-state index in [1.165, 1.54) is 6.42 Å². The minimum absolute atomic E-state index is 0.0691. The predicted molar refractivity (Wildman–Crippen MR) is 133 cm³/mol. The molecule has 2 atom stereocenters. The summed E-state index contributed by atoms with van der Waals surface area (Å²) in [6.45, 7) is 3.86. The molecular weight excluding hydrogens is 424 g/mol. The van der Waals surface area contributed by atoms with Crippen LogP contribution < -0.4 is 4.74 Å². The molecule has 2 aromatic rings. The second kappa shape index (κ2) is 9.81. The van der Waals surface area contributed by atoms with Crippen LogP contribution in [0.3, 0.4) is 0 Å². The van der Waals surface area contributed by atoms with Gasteiger partial charge in [0.1, 0.15) is 5.75 Å². The molecule has 0 bridgehead atoms. The second-order valence-electron chi connectivity index (χ2n) is 10.3. The largest absolute Gasteiger partial charge is 0.497 e. The van der Waals surface area contributed by atoms with Gasteiger partial charge in [0.15, 0.2) is 0 Å². The second-order valence-corrected chi connectivity index (χ2v) is 10.3. The predicted octanol–water partition coefficient (Wildman–Crippen LogP) is 5.57. The Bertz CT molecular complexity index is 1020. The van der Waals surface area contributed by atoms with Crippen LogP contribution in [0.1, 0.15) is 85.3 Å². The summed E-state index contributed by atoms with van der Waals surface area (Å²) in [4.78, 5) is 32.3. The summed E-state index contributed by atoms with van der Waals surface area (Å²) in [5.74, 6) is 1.27. The van der Waals surface area contributed by atoms with Crippen molar-refractivity contribution in [1.82, 2.24) is 9.80 Å². The van der Waals surface area contributed by atoms with E-state index in [0.717, 1.165) is 68.5 Å². The summed E-state index contributed by atoms with van der Waals surface area (Å²) in [6, 6.07) is 15.6. The molecule has 2 amide bonds. The van der Waals surface area contributed by atoms with Gasteiger partial charge in [0.05, 0.1) is 19.1 Å². The molecule has 2 heterocycles. The highest BCUT2D eigenvalue weighted by molar-refractivity contribution is 6.01. The fraction of sp³-hybridized carbons (Fsp3) is 0.517. The number of amides is 2. The Morgan fingerprint density at radius 1 is 0.912 bits per heavy atom. The molecule has 0 aromatic heterocycles. The van der Waals surface area contributed by atoms with Crippen molar-refractivity contribution in [3.63, 3.8) is 0 Å². The minimum Gasteiger partial charge on any atom is -0.497 e. The Kier molecular flexibility index (Phi) is 6.62. The van der Waals surface area contributed by atoms with Crippen molar-refractivity contribution in [3.05, 3.63) is 65.2 Å². The van der Waals surface area contributed by atoms with Gasteiger partial charge in [-0.1, -0.05) is 56.5 Å². The van der Waals surface area contributed by atoms with Crippen LogP contribution in [0, 0.1) is 5.92 Å². The van der Waals surface area contributed by atoms with Crippen LogP contribution in [0.4, 0.5) is 0 Å². The summed E-state index contributed by atoms with van der Waals surface area (Å²) in [7, 11) is 1.66. The van der Waals surface area contributed by atoms with Crippen molar-refractivity contribution in [2.75, 3.05) is 20.2 Å². The van der Waals surface area contributed by atoms with Crippen LogP contribution in [-0.4, -0.2) is 47.9 Å². The Balaban J connectivity index is 1.63. The van der Waals surface area contributed by atoms with Gasteiger partial charge >= 0.3 is 0 Å². The average Bonchev–Trinajstić information content (AvgIpc) is 2.89. The number of carbonyl (C=O) groups excluding carboxylic acids is 2. The van der Waals surface area contributed by atoms with Gasteiger partial charge in [-0.15, -0.1) is 0 Å². The number of methoxy groups -OCH3 is 1. The lowest BCUT2D eigenvalue weighted by atomic mass is 9.76. The van der Waals surface area contributed by atoms with Gasteiger partial charge in [-0.2, -0.15) is 0 Å². The highest BCUT2D eigenvalue weighted by Crippen LogP contribution is 2.47. The Morgan fingerprint density at radius 3 is 2.26 bits per heavy atom. The average molecular weight is 461 g/mol. The lowest BCUT2D eigenvalue weighted by Gasteiger charge is -2.48. The molecule has 0 spiro atoms. The van der Waals surface area contributed by atoms with Gasteiger partial charge in [-0.25, -0.2) is 0 Å². The fourth-order valence-electron chi connectivity index (χ4n) is 6.16. The van der Waals surface area contributed by atoms with Crippen LogP contribution in [0.15, 0.2) is 48.5 Å². The van der Waals surface area contributed by atoms with Crippen molar-refractivity contribution < 1.29 is 14.3 Å². The zero-order valence-corrected chi connectivity index (χ0v) is 20.4. The van der Waals surface area contributed by atoms with Gasteiger partial charge in [0.2, 0.25) is 5.91 Å². The normalized spacial score (nSPS) is 24.1. The molecule has 1 saturated heterocycles. The molecule has 1 saturated carbocycles. The number of carbonyl (C=O) groups is 2. The highest BCUT2D eigenvalue weighted by atomic mass is 16.5. The lowest BCUT2D eigenvalue weighted by molar-refractivity contribution is -0.136. The molecule has 5 nitrogen and oxygen atoms in total. The van der Waals surface area contributed by atoms with Crippen LogP contribution in [-0.2, 0) is 4.79 Å². The lowest BCUT2D eigenvalue weighted by Crippen LogP contribution is -2.53. The number of likely N-dealkylation sites (tertiary alicyclic amines) is 1. The van der Waals surface area contributed by atoms with Crippen LogP contribution in [0.25, 0.3) is 0 Å². The van der Waals surface area contributed by atoms with E-state index >= 15 is 0 Å². The maximum Gasteiger partial charge on any atom is 0.254 e. The summed E-state index contributed by atoms with van der Waals surface area (Å²) >= 11 is 0. The molecule has 3 aliphatic rings. The first-order chi connectivity index (χ1) is 16.6. The van der Waals surface area contributed by atoms with Crippen LogP contribution in [0.2, 0.25) is 0 Å². The van der Waals surface area contributed by atoms with E-state index < -0.39 is 5.92 Å². The number of ether oxygens (including phenoxy) is 1. The number of hydrogen-bond donors (Lipinski definition) is 0. The van der Waals surface area contributed by atoms with Crippen molar-refractivity contribution >= 4 is 11.8 Å². The molecule has 34 heavy (non-hydrogen) atoms. The number of nitrogens with zero attached hydrogens (tertiary/aromatic N) is 2. The van der Waals surface area contributed by atoms with E-state index in [4.69, 9.17) is 4.74 Å². The Labute approximate surface area is 203 Å². The van der Waals surface area contributed by atoms with Crippen molar-refractivity contribution in [1.29, 1.82) is 0 Å². The summed E-state index contributed by atoms with van der Waals surface area (Å²) in [6.07, 6.45) is 7.57. The van der Waals surface area contributed by atoms with E-state index in [0.29, 0.717) is 11.5 Å². The number of hydrogen-bond acceptors (Lipinski definition) is 3. The van der Waals surface area contributed by atoms with Gasteiger partial charge < -0.3 is 14.5 Å². The smallest absolute Gasteiger partial charge is 0.254 e. The number of piperidine rings is 1. The van der Waals surface area contributed by atoms with Crippen molar-refractivity contribution in [2.24, 2.45) is 5.92 Å². The third kappa shape index (κ3) is 4.21. The van der Waals surface area contributed by atoms with Gasteiger partial charge in [-0.3, -0.25) is 9.59 Å².